The van der Waals surface area contributed by atoms with Crippen molar-refractivity contribution in [2.24, 2.45) is 5.73 Å². The summed E-state index contributed by atoms with van der Waals surface area (Å²) in [6.45, 7) is 6.53. The van der Waals surface area contributed by atoms with E-state index in [1.807, 2.05) is 13.2 Å². The van der Waals surface area contributed by atoms with Crippen molar-refractivity contribution in [3.05, 3.63) is 35.9 Å². The van der Waals surface area contributed by atoms with Crippen molar-refractivity contribution in [2.45, 2.75) is 50.8 Å². The van der Waals surface area contributed by atoms with Crippen LogP contribution in [0.2, 0.25) is 0 Å². The zero-order chi connectivity index (χ0) is 14.6. The van der Waals surface area contributed by atoms with Gasteiger partial charge >= 0.3 is 0 Å². The molecule has 0 spiro atoms. The Balaban J connectivity index is 2.11. The molecule has 2 N–H and O–H groups in total. The molecule has 0 bridgehead atoms. The average molecular weight is 276 g/mol. The van der Waals surface area contributed by atoms with E-state index >= 15 is 0 Å². The van der Waals surface area contributed by atoms with Gasteiger partial charge in [0, 0.05) is 25.7 Å². The summed E-state index contributed by atoms with van der Waals surface area (Å²) in [6.07, 6.45) is 3.38. The van der Waals surface area contributed by atoms with Gasteiger partial charge in [-0.05, 0) is 38.3 Å². The van der Waals surface area contributed by atoms with Gasteiger partial charge in [0.2, 0.25) is 0 Å². The lowest BCUT2D eigenvalue weighted by molar-refractivity contribution is -0.0642. The van der Waals surface area contributed by atoms with E-state index in [9.17, 15) is 0 Å². The second kappa shape index (κ2) is 6.70. The third-order valence-electron chi connectivity index (χ3n) is 4.67. The van der Waals surface area contributed by atoms with E-state index in [2.05, 4.69) is 43.0 Å². The Kier molecular flexibility index (Phi) is 5.19. The molecule has 0 saturated carbocycles. The van der Waals surface area contributed by atoms with Gasteiger partial charge in [0.1, 0.15) is 0 Å². The van der Waals surface area contributed by atoms with E-state index in [-0.39, 0.29) is 11.6 Å². The number of likely N-dealkylation sites (tertiary alicyclic amines) is 1. The molecule has 0 radical (unpaired) electrons. The number of nitrogens with two attached hydrogens (primary N) is 1. The standard InChI is InChI=1S/C17H28N2O/c1-4-15(16(18)14-9-6-5-7-10-14)19-12-8-11-17(2,13-19)20-3/h5-7,9-10,15-16H,4,8,11-13,18H2,1-3H3. The zero-order valence-corrected chi connectivity index (χ0v) is 13.0. The number of methoxy groups -OCH3 is 1. The molecule has 3 heteroatoms. The molecule has 1 aliphatic heterocycles. The number of nitrogens with zero attached hydrogens (tertiary/aromatic N) is 1. The molecule has 1 aliphatic rings. The maximum absolute atomic E-state index is 6.53. The topological polar surface area (TPSA) is 38.5 Å². The normalized spacial score (nSPS) is 27.2. The predicted octanol–water partition coefficient (Wildman–Crippen LogP) is 2.97. The summed E-state index contributed by atoms with van der Waals surface area (Å²) in [5, 5.41) is 0. The van der Waals surface area contributed by atoms with Crippen molar-refractivity contribution in [2.75, 3.05) is 20.2 Å². The highest BCUT2D eigenvalue weighted by Gasteiger charge is 2.35. The summed E-state index contributed by atoms with van der Waals surface area (Å²) in [6, 6.07) is 10.9. The van der Waals surface area contributed by atoms with Gasteiger partial charge in [-0.2, -0.15) is 0 Å². The third-order valence-corrected chi connectivity index (χ3v) is 4.67. The molecule has 3 unspecified atom stereocenters. The second-order valence-corrected chi connectivity index (χ2v) is 6.14. The Morgan fingerprint density at radius 2 is 2.05 bits per heavy atom. The van der Waals surface area contributed by atoms with Gasteiger partial charge in [0.25, 0.3) is 0 Å². The fourth-order valence-electron chi connectivity index (χ4n) is 3.33. The van der Waals surface area contributed by atoms with Crippen molar-refractivity contribution in [3.63, 3.8) is 0 Å². The summed E-state index contributed by atoms with van der Waals surface area (Å²) in [7, 11) is 1.82. The number of rotatable bonds is 5. The van der Waals surface area contributed by atoms with Crippen LogP contribution >= 0.6 is 0 Å². The van der Waals surface area contributed by atoms with E-state index in [1.165, 1.54) is 12.0 Å². The van der Waals surface area contributed by atoms with Gasteiger partial charge in [0.15, 0.2) is 0 Å². The number of hydrogen-bond acceptors (Lipinski definition) is 3. The summed E-state index contributed by atoms with van der Waals surface area (Å²) in [5.41, 5.74) is 7.73. The van der Waals surface area contributed by atoms with E-state index in [4.69, 9.17) is 10.5 Å². The molecule has 1 saturated heterocycles. The van der Waals surface area contributed by atoms with Crippen LogP contribution in [0.3, 0.4) is 0 Å². The lowest BCUT2D eigenvalue weighted by Gasteiger charge is -2.44. The van der Waals surface area contributed by atoms with Crippen molar-refractivity contribution >= 4 is 0 Å². The van der Waals surface area contributed by atoms with Crippen LogP contribution in [0, 0.1) is 0 Å². The van der Waals surface area contributed by atoms with Gasteiger partial charge in [-0.15, -0.1) is 0 Å². The van der Waals surface area contributed by atoms with E-state index in [1.54, 1.807) is 0 Å². The zero-order valence-electron chi connectivity index (χ0n) is 13.0. The van der Waals surface area contributed by atoms with Gasteiger partial charge in [-0.1, -0.05) is 37.3 Å². The quantitative estimate of drug-likeness (QED) is 0.898. The summed E-state index contributed by atoms with van der Waals surface area (Å²) >= 11 is 0. The largest absolute Gasteiger partial charge is 0.377 e. The Labute approximate surface area is 123 Å². The third kappa shape index (κ3) is 3.40. The Morgan fingerprint density at radius 1 is 1.35 bits per heavy atom. The first-order chi connectivity index (χ1) is 9.59. The van der Waals surface area contributed by atoms with Crippen molar-refractivity contribution in [3.8, 4) is 0 Å². The van der Waals surface area contributed by atoms with E-state index in [0.29, 0.717) is 6.04 Å². The molecule has 1 aromatic rings. The summed E-state index contributed by atoms with van der Waals surface area (Å²) in [5.74, 6) is 0. The van der Waals surface area contributed by atoms with Crippen LogP contribution in [0.1, 0.15) is 44.7 Å². The number of piperidine rings is 1. The minimum atomic E-state index is -0.0257. The van der Waals surface area contributed by atoms with Gasteiger partial charge in [-0.3, -0.25) is 4.90 Å². The fraction of sp³-hybridized carbons (Fsp3) is 0.647. The summed E-state index contributed by atoms with van der Waals surface area (Å²) in [4.78, 5) is 2.52. The maximum atomic E-state index is 6.53. The predicted molar refractivity (Wildman–Crippen MR) is 83.7 cm³/mol. The molecule has 2 rings (SSSR count). The minimum absolute atomic E-state index is 0.0257. The van der Waals surface area contributed by atoms with E-state index in [0.717, 1.165) is 25.9 Å². The summed E-state index contributed by atoms with van der Waals surface area (Å²) < 4.78 is 5.71. The van der Waals surface area contributed by atoms with Crippen LogP contribution in [0.25, 0.3) is 0 Å². The molecule has 1 heterocycles. The highest BCUT2D eigenvalue weighted by molar-refractivity contribution is 5.20. The van der Waals surface area contributed by atoms with Crippen LogP contribution in [-0.2, 0) is 4.74 Å². The molecule has 112 valence electrons. The molecule has 3 nitrogen and oxygen atoms in total. The van der Waals surface area contributed by atoms with Gasteiger partial charge < -0.3 is 10.5 Å². The van der Waals surface area contributed by atoms with Crippen LogP contribution in [0.5, 0.6) is 0 Å². The number of hydrogen-bond donors (Lipinski definition) is 1. The minimum Gasteiger partial charge on any atom is -0.377 e. The molecule has 20 heavy (non-hydrogen) atoms. The number of ether oxygens (including phenoxy) is 1. The van der Waals surface area contributed by atoms with Crippen molar-refractivity contribution in [1.82, 2.24) is 4.90 Å². The lowest BCUT2D eigenvalue weighted by Crippen LogP contribution is -2.53. The van der Waals surface area contributed by atoms with Crippen molar-refractivity contribution in [1.29, 1.82) is 0 Å². The van der Waals surface area contributed by atoms with Gasteiger partial charge in [0.05, 0.1) is 5.60 Å². The Bertz CT molecular complexity index is 409. The molecule has 1 fully saturated rings. The van der Waals surface area contributed by atoms with Gasteiger partial charge in [-0.25, -0.2) is 0 Å². The molecule has 3 atom stereocenters. The van der Waals surface area contributed by atoms with Crippen LogP contribution in [-0.4, -0.2) is 36.7 Å². The first-order valence-electron chi connectivity index (χ1n) is 7.69. The number of benzene rings is 1. The molecule has 0 amide bonds. The molecular formula is C17H28N2O. The molecular weight excluding hydrogens is 248 g/mol. The monoisotopic (exact) mass is 276 g/mol. The fourth-order valence-corrected chi connectivity index (χ4v) is 3.33. The van der Waals surface area contributed by atoms with Crippen molar-refractivity contribution < 1.29 is 4.74 Å². The van der Waals surface area contributed by atoms with E-state index < -0.39 is 0 Å². The highest BCUT2D eigenvalue weighted by Crippen LogP contribution is 2.29. The SMILES string of the molecule is CCC(C(N)c1ccccc1)N1CCCC(C)(OC)C1. The average Bonchev–Trinajstić information content (AvgIpc) is 2.49. The first-order valence-corrected chi connectivity index (χ1v) is 7.69. The smallest absolute Gasteiger partial charge is 0.0777 e. The second-order valence-electron chi connectivity index (χ2n) is 6.14. The molecule has 0 aromatic heterocycles. The lowest BCUT2D eigenvalue weighted by atomic mass is 9.90. The van der Waals surface area contributed by atoms with Crippen LogP contribution in [0.15, 0.2) is 30.3 Å². The maximum Gasteiger partial charge on any atom is 0.0777 e. The van der Waals surface area contributed by atoms with Crippen LogP contribution in [0.4, 0.5) is 0 Å². The molecule has 0 aliphatic carbocycles. The highest BCUT2D eigenvalue weighted by atomic mass is 16.5. The molecule has 1 aromatic carbocycles. The Morgan fingerprint density at radius 3 is 2.65 bits per heavy atom. The van der Waals surface area contributed by atoms with Crippen LogP contribution < -0.4 is 5.73 Å². The Hall–Kier alpha value is -0.900. The first kappa shape index (κ1) is 15.5.